The van der Waals surface area contributed by atoms with Crippen LogP contribution in [0.25, 0.3) is 0 Å². The van der Waals surface area contributed by atoms with Crippen LogP contribution in [-0.4, -0.2) is 11.1 Å². The number of carbonyl (C=O) groups is 1. The van der Waals surface area contributed by atoms with Crippen LogP contribution in [0, 0.1) is 0 Å². The SMILES string of the molecule is CCC/C(N)=C/C(=O)O. The Morgan fingerprint density at radius 3 is 2.67 bits per heavy atom. The first kappa shape index (κ1) is 8.01. The van der Waals surface area contributed by atoms with E-state index in [9.17, 15) is 4.79 Å². The lowest BCUT2D eigenvalue weighted by Gasteiger charge is -1.92. The average Bonchev–Trinajstić information content (AvgIpc) is 1.63. The van der Waals surface area contributed by atoms with Crippen molar-refractivity contribution in [3.63, 3.8) is 0 Å². The van der Waals surface area contributed by atoms with Gasteiger partial charge in [-0.25, -0.2) is 4.79 Å². The lowest BCUT2D eigenvalue weighted by molar-refractivity contribution is -0.131. The summed E-state index contributed by atoms with van der Waals surface area (Å²) in [4.78, 5) is 9.93. The van der Waals surface area contributed by atoms with Crippen molar-refractivity contribution in [1.29, 1.82) is 0 Å². The molecule has 3 N–H and O–H groups in total. The van der Waals surface area contributed by atoms with Crippen molar-refractivity contribution in [2.45, 2.75) is 19.8 Å². The first-order valence-corrected chi connectivity index (χ1v) is 2.85. The molecule has 0 aliphatic carbocycles. The molecule has 0 rings (SSSR count). The van der Waals surface area contributed by atoms with E-state index in [4.69, 9.17) is 10.8 Å². The predicted molar refractivity (Wildman–Crippen MR) is 34.8 cm³/mol. The Balaban J connectivity index is 3.69. The fraction of sp³-hybridized carbons (Fsp3) is 0.500. The minimum Gasteiger partial charge on any atom is -0.478 e. The predicted octanol–water partition coefficient (Wildman–Crippen LogP) is 0.714. The van der Waals surface area contributed by atoms with Crippen molar-refractivity contribution >= 4 is 5.97 Å². The van der Waals surface area contributed by atoms with Gasteiger partial charge in [-0.15, -0.1) is 0 Å². The van der Waals surface area contributed by atoms with E-state index in [0.29, 0.717) is 12.1 Å². The van der Waals surface area contributed by atoms with Crippen molar-refractivity contribution in [3.05, 3.63) is 11.8 Å². The van der Waals surface area contributed by atoms with E-state index in [1.165, 1.54) is 0 Å². The summed E-state index contributed by atoms with van der Waals surface area (Å²) in [6, 6.07) is 0. The molecule has 0 radical (unpaired) electrons. The maximum Gasteiger partial charge on any atom is 0.330 e. The zero-order chi connectivity index (χ0) is 7.28. The van der Waals surface area contributed by atoms with Gasteiger partial charge >= 0.3 is 5.97 Å². The molecular weight excluding hydrogens is 118 g/mol. The van der Waals surface area contributed by atoms with Gasteiger partial charge in [-0.05, 0) is 6.42 Å². The molecule has 0 amide bonds. The Bertz CT molecular complexity index is 129. The van der Waals surface area contributed by atoms with Crippen LogP contribution >= 0.6 is 0 Å². The maximum atomic E-state index is 9.93. The van der Waals surface area contributed by atoms with Crippen LogP contribution in [0.4, 0.5) is 0 Å². The van der Waals surface area contributed by atoms with E-state index in [2.05, 4.69) is 0 Å². The minimum absolute atomic E-state index is 0.435. The molecule has 0 spiro atoms. The zero-order valence-electron chi connectivity index (χ0n) is 5.42. The highest BCUT2D eigenvalue weighted by Gasteiger charge is 1.91. The smallest absolute Gasteiger partial charge is 0.330 e. The summed E-state index contributed by atoms with van der Waals surface area (Å²) >= 11 is 0. The second kappa shape index (κ2) is 3.95. The topological polar surface area (TPSA) is 63.3 Å². The van der Waals surface area contributed by atoms with Crippen LogP contribution in [0.15, 0.2) is 11.8 Å². The summed E-state index contributed by atoms with van der Waals surface area (Å²) in [5, 5.41) is 8.15. The van der Waals surface area contributed by atoms with E-state index in [1.807, 2.05) is 6.92 Å². The Hall–Kier alpha value is -0.990. The van der Waals surface area contributed by atoms with E-state index in [0.717, 1.165) is 12.5 Å². The van der Waals surface area contributed by atoms with Gasteiger partial charge in [-0.2, -0.15) is 0 Å². The van der Waals surface area contributed by atoms with E-state index in [1.54, 1.807) is 0 Å². The average molecular weight is 129 g/mol. The fourth-order valence-electron chi connectivity index (χ4n) is 0.519. The Labute approximate surface area is 54.2 Å². The second-order valence-electron chi connectivity index (χ2n) is 1.81. The van der Waals surface area contributed by atoms with E-state index in [-0.39, 0.29) is 0 Å². The standard InChI is InChI=1S/C6H11NO2/c1-2-3-5(7)4-6(8)9/h4H,2-3,7H2,1H3,(H,8,9)/b5-4-. The van der Waals surface area contributed by atoms with Gasteiger partial charge in [0, 0.05) is 11.8 Å². The summed E-state index contributed by atoms with van der Waals surface area (Å²) in [7, 11) is 0. The number of nitrogens with two attached hydrogens (primary N) is 1. The molecule has 0 atom stereocenters. The first-order chi connectivity index (χ1) is 4.16. The summed E-state index contributed by atoms with van der Waals surface area (Å²) in [5.41, 5.74) is 5.70. The maximum absolute atomic E-state index is 9.93. The van der Waals surface area contributed by atoms with Crippen LogP contribution in [0.1, 0.15) is 19.8 Å². The number of carboxylic acids is 1. The molecule has 0 fully saturated rings. The number of allylic oxidation sites excluding steroid dienone is 1. The molecule has 0 bridgehead atoms. The quantitative estimate of drug-likeness (QED) is 0.552. The lowest BCUT2D eigenvalue weighted by atomic mass is 10.2. The van der Waals surface area contributed by atoms with Crippen molar-refractivity contribution in [2.24, 2.45) is 5.73 Å². The molecule has 0 saturated heterocycles. The molecule has 52 valence electrons. The molecule has 0 aromatic rings. The van der Waals surface area contributed by atoms with Crippen LogP contribution in [-0.2, 0) is 4.79 Å². The molecular formula is C6H11NO2. The first-order valence-electron chi connectivity index (χ1n) is 2.85. The molecule has 3 heteroatoms. The van der Waals surface area contributed by atoms with Gasteiger partial charge < -0.3 is 10.8 Å². The van der Waals surface area contributed by atoms with E-state index >= 15 is 0 Å². The monoisotopic (exact) mass is 129 g/mol. The summed E-state index contributed by atoms with van der Waals surface area (Å²) in [6.07, 6.45) is 2.57. The highest BCUT2D eigenvalue weighted by atomic mass is 16.4. The van der Waals surface area contributed by atoms with Gasteiger partial charge in [0.05, 0.1) is 0 Å². The molecule has 0 saturated carbocycles. The van der Waals surface area contributed by atoms with Gasteiger partial charge in [0.1, 0.15) is 0 Å². The molecule has 0 aliphatic rings. The molecule has 0 aromatic heterocycles. The molecule has 9 heavy (non-hydrogen) atoms. The summed E-state index contributed by atoms with van der Waals surface area (Å²) in [5.74, 6) is -0.971. The second-order valence-corrected chi connectivity index (χ2v) is 1.81. The summed E-state index contributed by atoms with van der Waals surface area (Å²) < 4.78 is 0. The van der Waals surface area contributed by atoms with Gasteiger partial charge in [0.2, 0.25) is 0 Å². The molecule has 0 heterocycles. The Kier molecular flexibility index (Phi) is 3.51. The van der Waals surface area contributed by atoms with E-state index < -0.39 is 5.97 Å². The summed E-state index contributed by atoms with van der Waals surface area (Å²) in [6.45, 7) is 1.95. The molecule has 0 aromatic carbocycles. The van der Waals surface area contributed by atoms with Crippen LogP contribution in [0.3, 0.4) is 0 Å². The molecule has 0 unspecified atom stereocenters. The lowest BCUT2D eigenvalue weighted by Crippen LogP contribution is -2.00. The highest BCUT2D eigenvalue weighted by Crippen LogP contribution is 1.95. The fourth-order valence-corrected chi connectivity index (χ4v) is 0.519. The van der Waals surface area contributed by atoms with Crippen molar-refractivity contribution in [3.8, 4) is 0 Å². The Morgan fingerprint density at radius 1 is 1.78 bits per heavy atom. The molecule has 0 aliphatic heterocycles. The van der Waals surface area contributed by atoms with Gasteiger partial charge in [-0.3, -0.25) is 0 Å². The van der Waals surface area contributed by atoms with Crippen molar-refractivity contribution in [2.75, 3.05) is 0 Å². The number of hydrogen-bond acceptors (Lipinski definition) is 2. The van der Waals surface area contributed by atoms with Crippen LogP contribution < -0.4 is 5.73 Å². The number of rotatable bonds is 3. The Morgan fingerprint density at radius 2 is 2.33 bits per heavy atom. The minimum atomic E-state index is -0.971. The largest absolute Gasteiger partial charge is 0.478 e. The van der Waals surface area contributed by atoms with Gasteiger partial charge in [0.25, 0.3) is 0 Å². The van der Waals surface area contributed by atoms with Gasteiger partial charge in [0.15, 0.2) is 0 Å². The zero-order valence-corrected chi connectivity index (χ0v) is 5.42. The number of carboxylic acid groups (broad SMARTS) is 1. The normalized spacial score (nSPS) is 11.4. The highest BCUT2D eigenvalue weighted by molar-refractivity contribution is 5.80. The van der Waals surface area contributed by atoms with Crippen molar-refractivity contribution in [1.82, 2.24) is 0 Å². The third kappa shape index (κ3) is 4.87. The number of aliphatic carboxylic acids is 1. The van der Waals surface area contributed by atoms with Gasteiger partial charge in [-0.1, -0.05) is 13.3 Å². The van der Waals surface area contributed by atoms with Crippen LogP contribution in [0.2, 0.25) is 0 Å². The molecule has 3 nitrogen and oxygen atoms in total. The van der Waals surface area contributed by atoms with Crippen LogP contribution in [0.5, 0.6) is 0 Å². The number of hydrogen-bond donors (Lipinski definition) is 2. The van der Waals surface area contributed by atoms with Crippen molar-refractivity contribution < 1.29 is 9.90 Å². The third-order valence-corrected chi connectivity index (χ3v) is 0.848. The third-order valence-electron chi connectivity index (χ3n) is 0.848.